The third kappa shape index (κ3) is 4.87. The number of benzene rings is 11. The number of nitrogens with zero attached hydrogens (tertiary/aromatic N) is 2. The van der Waals surface area contributed by atoms with E-state index in [0.29, 0.717) is 0 Å². The summed E-state index contributed by atoms with van der Waals surface area (Å²) in [6, 6.07) is 77.3. The first-order chi connectivity index (χ1) is 31.7. The molecule has 11 aromatic carbocycles. The van der Waals surface area contributed by atoms with Crippen LogP contribution in [0.4, 0.5) is 5.69 Å². The van der Waals surface area contributed by atoms with Crippen LogP contribution in [0.1, 0.15) is 42.5 Å². The molecule has 0 radical (unpaired) electrons. The molecule has 1 aliphatic heterocycles. The molecule has 0 spiro atoms. The molecule has 0 fully saturated rings. The molecular weight excluding hydrogens is 775 g/mol. The lowest BCUT2D eigenvalue weighted by molar-refractivity contribution is 0.387. The van der Waals surface area contributed by atoms with E-state index in [-0.39, 0.29) is 18.0 Å². The van der Waals surface area contributed by atoms with Crippen LogP contribution in [-0.4, -0.2) is 9.13 Å². The maximum Gasteiger partial charge on any atom is 0.111 e. The van der Waals surface area contributed by atoms with Gasteiger partial charge in [0.1, 0.15) is 6.17 Å². The SMILES string of the molecule is CCC1c2c(ccc3ccccc23)NC(n2c3ccc4ccccc4c3c3c4c5ccccc5c5ccccc5c4ccc32)C1c1ccc2c(c1)c1ccccc1n2-c1ccccc1. The van der Waals surface area contributed by atoms with Crippen molar-refractivity contribution in [1.29, 1.82) is 0 Å². The number of para-hydroxylation sites is 2. The summed E-state index contributed by atoms with van der Waals surface area (Å²) in [5, 5.41) is 22.5. The second-order valence-corrected chi connectivity index (χ2v) is 17.9. The van der Waals surface area contributed by atoms with Crippen molar-refractivity contribution in [2.45, 2.75) is 31.3 Å². The summed E-state index contributed by atoms with van der Waals surface area (Å²) in [6.07, 6.45) is 0.886. The van der Waals surface area contributed by atoms with E-state index in [1.807, 2.05) is 0 Å². The Morgan fingerprint density at radius 1 is 0.406 bits per heavy atom. The largest absolute Gasteiger partial charge is 0.364 e. The van der Waals surface area contributed by atoms with Crippen LogP contribution < -0.4 is 5.32 Å². The van der Waals surface area contributed by atoms with Gasteiger partial charge in [-0.1, -0.05) is 165 Å². The highest BCUT2D eigenvalue weighted by atomic mass is 15.2. The molecular formula is C61H43N3. The second-order valence-electron chi connectivity index (χ2n) is 17.9. The maximum absolute atomic E-state index is 4.33. The van der Waals surface area contributed by atoms with E-state index in [2.05, 4.69) is 228 Å². The van der Waals surface area contributed by atoms with Crippen molar-refractivity contribution in [1.82, 2.24) is 9.13 Å². The van der Waals surface area contributed by atoms with Crippen molar-refractivity contribution in [3.8, 4) is 5.69 Å². The molecule has 302 valence electrons. The van der Waals surface area contributed by atoms with Gasteiger partial charge in [-0.25, -0.2) is 0 Å². The predicted molar refractivity (Wildman–Crippen MR) is 273 cm³/mol. The normalized spacial score (nSPS) is 16.5. The van der Waals surface area contributed by atoms with Crippen LogP contribution in [0.25, 0.3) is 103 Å². The van der Waals surface area contributed by atoms with Crippen molar-refractivity contribution in [2.24, 2.45) is 0 Å². The van der Waals surface area contributed by atoms with Crippen LogP contribution in [0.15, 0.2) is 206 Å². The number of rotatable bonds is 4. The smallest absolute Gasteiger partial charge is 0.111 e. The number of hydrogen-bond acceptors (Lipinski definition) is 1. The van der Waals surface area contributed by atoms with E-state index in [1.165, 1.54) is 120 Å². The van der Waals surface area contributed by atoms with Crippen LogP contribution in [0.2, 0.25) is 0 Å². The fraction of sp³-hybridized carbons (Fsp3) is 0.0820. The molecule has 1 N–H and O–H groups in total. The Hall–Kier alpha value is -7.88. The molecule has 2 aromatic heterocycles. The fourth-order valence-electron chi connectivity index (χ4n) is 12.2. The van der Waals surface area contributed by atoms with Crippen LogP contribution in [0.5, 0.6) is 0 Å². The fourth-order valence-corrected chi connectivity index (χ4v) is 12.2. The minimum absolute atomic E-state index is 0.0841. The molecule has 3 nitrogen and oxygen atoms in total. The number of aromatic nitrogens is 2. The highest BCUT2D eigenvalue weighted by molar-refractivity contribution is 6.37. The van der Waals surface area contributed by atoms with Gasteiger partial charge in [0, 0.05) is 44.2 Å². The number of hydrogen-bond donors (Lipinski definition) is 1. The Morgan fingerprint density at radius 2 is 0.953 bits per heavy atom. The van der Waals surface area contributed by atoms with Gasteiger partial charge in [0.05, 0.1) is 22.1 Å². The van der Waals surface area contributed by atoms with Gasteiger partial charge >= 0.3 is 0 Å². The summed E-state index contributed by atoms with van der Waals surface area (Å²) < 4.78 is 5.13. The zero-order valence-electron chi connectivity index (χ0n) is 35.5. The van der Waals surface area contributed by atoms with Crippen molar-refractivity contribution < 1.29 is 0 Å². The van der Waals surface area contributed by atoms with Gasteiger partial charge in [-0.2, -0.15) is 0 Å². The van der Waals surface area contributed by atoms with Crippen molar-refractivity contribution in [3.05, 3.63) is 217 Å². The standard InChI is InChI=1S/C61H43N3/c1-2-41-56(39-30-33-53-50(36-39)47-25-14-15-27-52(47)63(53)40-18-4-3-5-19-40)61(62-51-32-28-37-16-6-8-20-42(37)57(41)51)64-54-34-29-38-17-7-9-21-43(38)59(54)60-55(64)35-31-49-46-24-11-10-22-44(46)45-23-12-13-26-48(45)58(49)60/h3-36,41,56,61-62H,2H2,1H3. The Balaban J connectivity index is 1.12. The van der Waals surface area contributed by atoms with E-state index in [9.17, 15) is 0 Å². The highest BCUT2D eigenvalue weighted by Crippen LogP contribution is 2.55. The molecule has 13 aromatic rings. The van der Waals surface area contributed by atoms with Gasteiger partial charge in [-0.15, -0.1) is 0 Å². The summed E-state index contributed by atoms with van der Waals surface area (Å²) in [7, 11) is 0. The van der Waals surface area contributed by atoms with Gasteiger partial charge in [0.25, 0.3) is 0 Å². The lowest BCUT2D eigenvalue weighted by Crippen LogP contribution is -2.34. The lowest BCUT2D eigenvalue weighted by atomic mass is 9.73. The van der Waals surface area contributed by atoms with Crippen LogP contribution in [0.3, 0.4) is 0 Å². The summed E-state index contributed by atoms with van der Waals surface area (Å²) >= 11 is 0. The number of anilines is 1. The molecule has 3 heteroatoms. The quantitative estimate of drug-likeness (QED) is 0.176. The monoisotopic (exact) mass is 817 g/mol. The molecule has 3 unspecified atom stereocenters. The first kappa shape index (κ1) is 35.7. The molecule has 0 saturated heterocycles. The minimum atomic E-state index is -0.108. The molecule has 0 bridgehead atoms. The summed E-state index contributed by atoms with van der Waals surface area (Å²) in [5.41, 5.74) is 10.1. The van der Waals surface area contributed by atoms with E-state index < -0.39 is 0 Å². The van der Waals surface area contributed by atoms with Gasteiger partial charge in [-0.3, -0.25) is 0 Å². The van der Waals surface area contributed by atoms with E-state index >= 15 is 0 Å². The summed E-state index contributed by atoms with van der Waals surface area (Å²) in [5.74, 6) is 0.311. The minimum Gasteiger partial charge on any atom is -0.364 e. The van der Waals surface area contributed by atoms with E-state index in [1.54, 1.807) is 0 Å². The molecule has 3 atom stereocenters. The van der Waals surface area contributed by atoms with Crippen molar-refractivity contribution in [3.63, 3.8) is 0 Å². The van der Waals surface area contributed by atoms with Gasteiger partial charge < -0.3 is 14.5 Å². The Kier molecular flexibility index (Phi) is 7.56. The molecule has 64 heavy (non-hydrogen) atoms. The van der Waals surface area contributed by atoms with Crippen LogP contribution in [-0.2, 0) is 0 Å². The molecule has 0 aliphatic carbocycles. The Bertz CT molecular complexity index is 4020. The number of fused-ring (bicyclic) bond motifs is 18. The van der Waals surface area contributed by atoms with Gasteiger partial charge in [0.2, 0.25) is 0 Å². The molecule has 14 rings (SSSR count). The van der Waals surface area contributed by atoms with Crippen LogP contribution in [0, 0.1) is 0 Å². The van der Waals surface area contributed by atoms with E-state index in [4.69, 9.17) is 0 Å². The molecule has 3 heterocycles. The third-order valence-corrected chi connectivity index (χ3v) is 14.8. The Labute approximate surface area is 370 Å². The lowest BCUT2D eigenvalue weighted by Gasteiger charge is -2.43. The first-order valence-electron chi connectivity index (χ1n) is 22.8. The summed E-state index contributed by atoms with van der Waals surface area (Å²) in [4.78, 5) is 0. The predicted octanol–water partition coefficient (Wildman–Crippen LogP) is 16.6. The molecule has 0 amide bonds. The van der Waals surface area contributed by atoms with Gasteiger partial charge in [0.15, 0.2) is 0 Å². The third-order valence-electron chi connectivity index (χ3n) is 14.8. The zero-order chi connectivity index (χ0) is 42.0. The first-order valence-corrected chi connectivity index (χ1v) is 22.8. The van der Waals surface area contributed by atoms with Crippen LogP contribution >= 0.6 is 0 Å². The second kappa shape index (κ2) is 13.6. The molecule has 0 saturated carbocycles. The summed E-state index contributed by atoms with van der Waals surface area (Å²) in [6.45, 7) is 2.40. The van der Waals surface area contributed by atoms with Crippen molar-refractivity contribution >= 4 is 103 Å². The number of nitrogens with one attached hydrogen (secondary N) is 1. The maximum atomic E-state index is 4.33. The van der Waals surface area contributed by atoms with Crippen molar-refractivity contribution in [2.75, 3.05) is 5.32 Å². The zero-order valence-corrected chi connectivity index (χ0v) is 35.5. The van der Waals surface area contributed by atoms with E-state index in [0.717, 1.165) is 6.42 Å². The average Bonchev–Trinajstić information content (AvgIpc) is 3.89. The molecule has 1 aliphatic rings. The van der Waals surface area contributed by atoms with Gasteiger partial charge in [-0.05, 0) is 120 Å². The average molecular weight is 818 g/mol. The Morgan fingerprint density at radius 3 is 1.72 bits per heavy atom. The topological polar surface area (TPSA) is 21.9 Å². The highest BCUT2D eigenvalue weighted by Gasteiger charge is 2.40.